The topological polar surface area (TPSA) is 128 Å². The van der Waals surface area contributed by atoms with Gasteiger partial charge in [0.2, 0.25) is 0 Å². The number of aromatic hydroxyl groups is 2. The van der Waals surface area contributed by atoms with Crippen LogP contribution in [0.15, 0.2) is 65.8 Å². The monoisotopic (exact) mass is 484 g/mol. The zero-order valence-corrected chi connectivity index (χ0v) is 18.7. The Morgan fingerprint density at radius 1 is 1.00 bits per heavy atom. The second-order valence-corrected chi connectivity index (χ2v) is 7.49. The molecule has 0 unspecified atom stereocenters. The number of nitrogens with one attached hydrogen (secondary N) is 1. The third-order valence-electron chi connectivity index (χ3n) is 4.17. The van der Waals surface area contributed by atoms with Gasteiger partial charge in [-0.15, -0.1) is 0 Å². The summed E-state index contributed by atoms with van der Waals surface area (Å²) in [4.78, 5) is 18.2. The summed E-state index contributed by atoms with van der Waals surface area (Å²) in [5, 5.41) is 32.5. The zero-order valence-electron chi connectivity index (χ0n) is 17.2. The highest BCUT2D eigenvalue weighted by molar-refractivity contribution is 6.42. The minimum Gasteiger partial charge on any atom is -0.508 e. The summed E-state index contributed by atoms with van der Waals surface area (Å²) in [6.07, 6.45) is 1.44. The largest absolute Gasteiger partial charge is 0.508 e. The van der Waals surface area contributed by atoms with Crippen molar-refractivity contribution in [1.82, 2.24) is 9.97 Å². The third kappa shape index (κ3) is 6.31. The van der Waals surface area contributed by atoms with E-state index in [1.165, 1.54) is 18.3 Å². The maximum absolute atomic E-state index is 9.87. The SMILES string of the molecule is CC(=O)O.Oc1ccc(/C=N/Nc2nc(-c3ccc(Cl)c(Cl)c3)nc3ccccc23)c(O)c1. The molecule has 0 aliphatic rings. The molecule has 1 aromatic heterocycles. The predicted molar refractivity (Wildman–Crippen MR) is 129 cm³/mol. The van der Waals surface area contributed by atoms with Crippen LogP contribution in [-0.2, 0) is 4.79 Å². The first-order chi connectivity index (χ1) is 15.7. The quantitative estimate of drug-likeness (QED) is 0.220. The van der Waals surface area contributed by atoms with Gasteiger partial charge in [0.1, 0.15) is 11.5 Å². The highest BCUT2D eigenvalue weighted by atomic mass is 35.5. The minimum absolute atomic E-state index is 0.0272. The normalized spacial score (nSPS) is 10.6. The highest BCUT2D eigenvalue weighted by Gasteiger charge is 2.10. The standard InChI is InChI=1S/C21H14Cl2N4O2.C2H4O2/c22-16-8-6-12(9-17(16)23)20-25-18-4-2-1-3-15(18)21(26-20)27-24-11-13-5-7-14(28)10-19(13)29;1-2(3)4/h1-11,28-29H,(H,25,26,27);1H3,(H,3,4)/b24-11+;. The fourth-order valence-corrected chi connectivity index (χ4v) is 3.03. The molecule has 4 aromatic rings. The van der Waals surface area contributed by atoms with Crippen molar-refractivity contribution in [2.24, 2.45) is 5.10 Å². The number of hydrazone groups is 1. The molecule has 0 aliphatic carbocycles. The number of fused-ring (bicyclic) bond motifs is 1. The van der Waals surface area contributed by atoms with Gasteiger partial charge < -0.3 is 15.3 Å². The zero-order chi connectivity index (χ0) is 24.0. The molecule has 10 heteroatoms. The lowest BCUT2D eigenvalue weighted by molar-refractivity contribution is -0.134. The first-order valence-corrected chi connectivity index (χ1v) is 10.2. The van der Waals surface area contributed by atoms with Crippen molar-refractivity contribution in [2.45, 2.75) is 6.92 Å². The van der Waals surface area contributed by atoms with Crippen LogP contribution in [0.4, 0.5) is 5.82 Å². The van der Waals surface area contributed by atoms with Gasteiger partial charge in [-0.2, -0.15) is 5.10 Å². The van der Waals surface area contributed by atoms with Crippen molar-refractivity contribution in [2.75, 3.05) is 5.43 Å². The van der Waals surface area contributed by atoms with E-state index in [0.717, 1.165) is 17.8 Å². The third-order valence-corrected chi connectivity index (χ3v) is 4.91. The molecule has 0 amide bonds. The molecule has 0 saturated heterocycles. The average Bonchev–Trinajstić information content (AvgIpc) is 2.76. The molecule has 0 radical (unpaired) electrons. The summed E-state index contributed by atoms with van der Waals surface area (Å²) in [6, 6.07) is 17.0. The molecule has 3 aromatic carbocycles. The van der Waals surface area contributed by atoms with Gasteiger partial charge in [-0.3, -0.25) is 10.2 Å². The van der Waals surface area contributed by atoms with E-state index in [-0.39, 0.29) is 11.5 Å². The Hall–Kier alpha value is -3.88. The van der Waals surface area contributed by atoms with Gasteiger partial charge in [0, 0.05) is 29.5 Å². The van der Waals surface area contributed by atoms with E-state index in [1.54, 1.807) is 24.3 Å². The van der Waals surface area contributed by atoms with E-state index in [4.69, 9.17) is 33.1 Å². The first-order valence-electron chi connectivity index (χ1n) is 9.47. The molecule has 0 saturated carbocycles. The van der Waals surface area contributed by atoms with Crippen molar-refractivity contribution in [1.29, 1.82) is 0 Å². The number of rotatable bonds is 4. The number of carboxylic acid groups (broad SMARTS) is 1. The number of anilines is 1. The molecule has 168 valence electrons. The average molecular weight is 485 g/mol. The number of hydrogen-bond acceptors (Lipinski definition) is 7. The lowest BCUT2D eigenvalue weighted by Crippen LogP contribution is -1.99. The van der Waals surface area contributed by atoms with Gasteiger partial charge in [-0.25, -0.2) is 9.97 Å². The van der Waals surface area contributed by atoms with E-state index >= 15 is 0 Å². The van der Waals surface area contributed by atoms with E-state index in [9.17, 15) is 10.2 Å². The van der Waals surface area contributed by atoms with Crippen molar-refractivity contribution >= 4 is 52.1 Å². The van der Waals surface area contributed by atoms with Gasteiger partial charge in [0.25, 0.3) is 5.97 Å². The number of carbonyl (C=O) groups is 1. The Morgan fingerprint density at radius 3 is 2.42 bits per heavy atom. The van der Waals surface area contributed by atoms with Crippen LogP contribution in [-0.4, -0.2) is 37.5 Å². The second kappa shape index (κ2) is 10.6. The summed E-state index contributed by atoms with van der Waals surface area (Å²) in [7, 11) is 0. The van der Waals surface area contributed by atoms with Crippen LogP contribution in [0, 0.1) is 0 Å². The van der Waals surface area contributed by atoms with E-state index in [2.05, 4.69) is 20.5 Å². The number of aromatic nitrogens is 2. The van der Waals surface area contributed by atoms with Crippen molar-refractivity contribution < 1.29 is 20.1 Å². The van der Waals surface area contributed by atoms with Crippen LogP contribution < -0.4 is 5.43 Å². The minimum atomic E-state index is -0.833. The van der Waals surface area contributed by atoms with Crippen molar-refractivity contribution in [3.05, 3.63) is 76.3 Å². The molecule has 0 bridgehead atoms. The molecule has 33 heavy (non-hydrogen) atoms. The molecule has 1 heterocycles. The van der Waals surface area contributed by atoms with Gasteiger partial charge >= 0.3 is 0 Å². The fraction of sp³-hybridized carbons (Fsp3) is 0.0435. The number of phenols is 2. The van der Waals surface area contributed by atoms with Crippen LogP contribution in [0.1, 0.15) is 12.5 Å². The molecule has 0 spiro atoms. The van der Waals surface area contributed by atoms with Crippen LogP contribution in [0.5, 0.6) is 11.5 Å². The second-order valence-electron chi connectivity index (χ2n) is 6.67. The molecule has 4 rings (SSSR count). The molecular weight excluding hydrogens is 467 g/mol. The van der Waals surface area contributed by atoms with Gasteiger partial charge in [0.05, 0.1) is 21.8 Å². The summed E-state index contributed by atoms with van der Waals surface area (Å²) in [5.41, 5.74) is 4.79. The molecule has 0 aliphatic heterocycles. The fourth-order valence-electron chi connectivity index (χ4n) is 2.73. The lowest BCUT2D eigenvalue weighted by atomic mass is 10.2. The van der Waals surface area contributed by atoms with Crippen molar-refractivity contribution in [3.8, 4) is 22.9 Å². The Balaban J connectivity index is 0.000000709. The highest BCUT2D eigenvalue weighted by Crippen LogP contribution is 2.29. The number of hydrogen-bond donors (Lipinski definition) is 4. The molecular formula is C23H18Cl2N4O4. The van der Waals surface area contributed by atoms with Crippen LogP contribution in [0.3, 0.4) is 0 Å². The number of nitrogens with zero attached hydrogens (tertiary/aromatic N) is 3. The Bertz CT molecular complexity index is 1340. The maximum atomic E-state index is 9.87. The Kier molecular flexibility index (Phi) is 7.66. The predicted octanol–water partition coefficient (Wildman–Crippen LogP) is 5.55. The summed E-state index contributed by atoms with van der Waals surface area (Å²) in [6.45, 7) is 1.08. The smallest absolute Gasteiger partial charge is 0.300 e. The Labute approximate surface area is 198 Å². The van der Waals surface area contributed by atoms with E-state index in [0.29, 0.717) is 32.8 Å². The number of para-hydroxylation sites is 1. The molecule has 4 N–H and O–H groups in total. The number of aliphatic carboxylic acids is 1. The molecule has 8 nitrogen and oxygen atoms in total. The van der Waals surface area contributed by atoms with Crippen molar-refractivity contribution in [3.63, 3.8) is 0 Å². The summed E-state index contributed by atoms with van der Waals surface area (Å²) in [5.74, 6) is 0.0129. The van der Waals surface area contributed by atoms with E-state index < -0.39 is 5.97 Å². The summed E-state index contributed by atoms with van der Waals surface area (Å²) < 4.78 is 0. The van der Waals surface area contributed by atoms with Crippen LogP contribution in [0.25, 0.3) is 22.3 Å². The van der Waals surface area contributed by atoms with Gasteiger partial charge in [0.15, 0.2) is 11.6 Å². The number of carboxylic acids is 1. The first kappa shape index (κ1) is 23.8. The van der Waals surface area contributed by atoms with E-state index in [1.807, 2.05) is 24.3 Å². The molecule has 0 fully saturated rings. The molecule has 0 atom stereocenters. The lowest BCUT2D eigenvalue weighted by Gasteiger charge is -2.09. The maximum Gasteiger partial charge on any atom is 0.300 e. The Morgan fingerprint density at radius 2 is 1.73 bits per heavy atom. The number of halogens is 2. The summed E-state index contributed by atoms with van der Waals surface area (Å²) >= 11 is 12.1. The van der Waals surface area contributed by atoms with Crippen LogP contribution in [0.2, 0.25) is 10.0 Å². The van der Waals surface area contributed by atoms with Gasteiger partial charge in [-0.1, -0.05) is 35.3 Å². The number of phenolic OH excluding ortho intramolecular Hbond substituents is 2. The van der Waals surface area contributed by atoms with Crippen LogP contribution >= 0.6 is 23.2 Å². The number of benzene rings is 3. The van der Waals surface area contributed by atoms with Gasteiger partial charge in [-0.05, 0) is 42.5 Å².